The Bertz CT molecular complexity index is 188. The molecule has 6 nitrogen and oxygen atoms in total. The van der Waals surface area contributed by atoms with Crippen molar-refractivity contribution in [3.8, 4) is 0 Å². The summed E-state index contributed by atoms with van der Waals surface area (Å²) in [6.07, 6.45) is 0. The highest BCUT2D eigenvalue weighted by Gasteiger charge is 2.14. The van der Waals surface area contributed by atoms with Gasteiger partial charge >= 0.3 is 5.55 Å². The molecule has 0 saturated heterocycles. The van der Waals surface area contributed by atoms with Crippen molar-refractivity contribution in [2.75, 3.05) is 0 Å². The predicted octanol–water partition coefficient (Wildman–Crippen LogP) is -4.46. The van der Waals surface area contributed by atoms with Gasteiger partial charge in [-0.3, -0.25) is 0 Å². The molecular weight excluding hydrogens is 176 g/mol. The maximum Gasteiger partial charge on any atom is 0.327 e. The van der Waals surface area contributed by atoms with Gasteiger partial charge in [0.1, 0.15) is 4.29 Å². The van der Waals surface area contributed by atoms with Crippen LogP contribution in [0.5, 0.6) is 0 Å². The van der Waals surface area contributed by atoms with E-state index in [1.807, 2.05) is 0 Å². The summed E-state index contributed by atoms with van der Waals surface area (Å²) in [5, 5.41) is 0. The van der Waals surface area contributed by atoms with Crippen LogP contribution in [0.15, 0.2) is 0 Å². The topological polar surface area (TPSA) is 113 Å². The summed E-state index contributed by atoms with van der Waals surface area (Å²) in [5.41, 5.74) is -0.121. The van der Waals surface area contributed by atoms with Crippen molar-refractivity contribution < 1.29 is 36.9 Å². The molecule has 54 valence electrons. The van der Waals surface area contributed by atoms with Crippen molar-refractivity contribution in [2.24, 2.45) is 0 Å². The minimum absolute atomic E-state index is 0.121. The molecule has 0 aliphatic heterocycles. The lowest BCUT2D eigenvalue weighted by molar-refractivity contribution is -1.91. The van der Waals surface area contributed by atoms with Crippen molar-refractivity contribution >= 4 is 15.8 Å². The predicted molar refractivity (Wildman–Crippen MR) is 16.1 cm³/mol. The third-order valence-corrected chi connectivity index (χ3v) is 0.890. The molecule has 0 aromatic rings. The molecule has 0 aromatic heterocycles. The quantitative estimate of drug-likeness (QED) is 0.392. The second-order valence-corrected chi connectivity index (χ2v) is 2.47. The molecule has 0 aliphatic rings. The largest absolute Gasteiger partial charge is 0.327 e. The molecule has 8 heteroatoms. The van der Waals surface area contributed by atoms with Crippen molar-refractivity contribution in [2.45, 2.75) is 0 Å². The highest BCUT2D eigenvalue weighted by molar-refractivity contribution is 7.71. The van der Waals surface area contributed by atoms with E-state index in [4.69, 9.17) is 0 Å². The van der Waals surface area contributed by atoms with Crippen molar-refractivity contribution in [1.29, 1.82) is 0 Å². The Morgan fingerprint density at radius 1 is 1.33 bits per heavy atom. The van der Waals surface area contributed by atoms with Gasteiger partial charge in [-0.05, 0) is 0 Å². The van der Waals surface area contributed by atoms with Crippen LogP contribution in [0.3, 0.4) is 0 Å². The maximum atomic E-state index is 9.46. The van der Waals surface area contributed by atoms with Crippen LogP contribution in [-0.4, -0.2) is 14.0 Å². The molecule has 0 radical (unpaired) electrons. The monoisotopic (exact) mass is 176 g/mol. The zero-order valence-corrected chi connectivity index (χ0v) is 5.39. The number of halogens is 1. The van der Waals surface area contributed by atoms with Crippen LogP contribution in [0.25, 0.3) is 0 Å². The third kappa shape index (κ3) is 7.82. The normalized spacial score (nSPS) is 11.0. The van der Waals surface area contributed by atoms with Crippen LogP contribution < -0.4 is 14.0 Å². The highest BCUT2D eigenvalue weighted by Crippen LogP contribution is 1.80. The summed E-state index contributed by atoms with van der Waals surface area (Å²) in [6.45, 7) is 0. The standard InChI is InChI=1S/CHClO6S/c3-2(4,5)8-1-9(6)7/h1H. The Morgan fingerprint density at radius 3 is 1.89 bits per heavy atom. The van der Waals surface area contributed by atoms with Gasteiger partial charge in [-0.25, -0.2) is 0 Å². The summed E-state index contributed by atoms with van der Waals surface area (Å²) in [5.74, 6) is 0. The van der Waals surface area contributed by atoms with E-state index in [2.05, 4.69) is 4.29 Å². The Labute approximate surface area is 53.6 Å². The van der Waals surface area contributed by atoms with Gasteiger partial charge in [-0.2, -0.15) is 22.4 Å². The molecule has 0 amide bonds. The minimum Gasteiger partial charge on any atom is -0.183 e. The molecule has 0 N–H and O–H groups in total. The number of rotatable bonds is 2. The first-order valence-electron chi connectivity index (χ1n) is 1.42. The Kier molecular flexibility index (Phi) is 3.04. The second-order valence-electron chi connectivity index (χ2n) is 0.824. The van der Waals surface area contributed by atoms with E-state index < -0.39 is 20.5 Å². The maximum absolute atomic E-state index is 9.46. The summed E-state index contributed by atoms with van der Waals surface area (Å²) in [6, 6.07) is 0. The molecule has 0 spiro atoms. The average molecular weight is 177 g/mol. The van der Waals surface area contributed by atoms with Crippen molar-refractivity contribution in [3.63, 3.8) is 0 Å². The Hall–Kier alpha value is -0.180. The summed E-state index contributed by atoms with van der Waals surface area (Å²) >= 11 is 0. The Balaban J connectivity index is 3.93. The van der Waals surface area contributed by atoms with E-state index in [1.165, 1.54) is 0 Å². The molecule has 9 heavy (non-hydrogen) atoms. The van der Waals surface area contributed by atoms with Crippen LogP contribution in [0.4, 0.5) is 0 Å². The zero-order valence-electron chi connectivity index (χ0n) is 3.81. The third-order valence-electron chi connectivity index (χ3n) is 0.224. The molecule has 0 unspecified atom stereocenters. The molecule has 0 aliphatic carbocycles. The molecule has 0 atom stereocenters. The van der Waals surface area contributed by atoms with E-state index in [1.54, 1.807) is 0 Å². The van der Waals surface area contributed by atoms with E-state index >= 15 is 0 Å². The van der Waals surface area contributed by atoms with Gasteiger partial charge in [0.2, 0.25) is 0 Å². The smallest absolute Gasteiger partial charge is 0.183 e. The molecule has 0 rings (SSSR count). The van der Waals surface area contributed by atoms with Gasteiger partial charge in [-0.15, -0.1) is 0 Å². The van der Waals surface area contributed by atoms with E-state index in [0.717, 1.165) is 0 Å². The van der Waals surface area contributed by atoms with Gasteiger partial charge in [0.05, 0.1) is 10.2 Å². The van der Waals surface area contributed by atoms with Crippen LogP contribution in [0, 0.1) is 10.2 Å². The molecule has 0 saturated carbocycles. The van der Waals surface area contributed by atoms with E-state index in [-0.39, 0.29) is 5.55 Å². The minimum atomic E-state index is -4.67. The summed E-state index contributed by atoms with van der Waals surface area (Å²) in [4.78, 5) is 0. The lowest BCUT2D eigenvalue weighted by Crippen LogP contribution is -2.60. The zero-order chi connectivity index (χ0) is 7.49. The van der Waals surface area contributed by atoms with Gasteiger partial charge in [-0.1, -0.05) is 0 Å². The lowest BCUT2D eigenvalue weighted by Gasteiger charge is -2.07. The first-order valence-corrected chi connectivity index (χ1v) is 3.79. The SMILES string of the molecule is O=S(=O)=CO[Cl+3]([O-])([O-])[O-]. The highest BCUT2D eigenvalue weighted by atomic mass is 35.7. The summed E-state index contributed by atoms with van der Waals surface area (Å²) < 4.78 is 50.3. The summed E-state index contributed by atoms with van der Waals surface area (Å²) in [7, 11) is -7.46. The Morgan fingerprint density at radius 2 is 1.78 bits per heavy atom. The molecule has 0 fully saturated rings. The van der Waals surface area contributed by atoms with Crippen LogP contribution in [0.2, 0.25) is 0 Å². The fourth-order valence-electron chi connectivity index (χ4n) is 0.0742. The van der Waals surface area contributed by atoms with E-state index in [9.17, 15) is 22.4 Å². The fraction of sp³-hybridized carbons (Fsp3) is 0. The van der Waals surface area contributed by atoms with Crippen LogP contribution in [0.1, 0.15) is 0 Å². The first-order chi connectivity index (χ1) is 3.92. The van der Waals surface area contributed by atoms with Crippen LogP contribution >= 0.6 is 0 Å². The van der Waals surface area contributed by atoms with Crippen LogP contribution in [-0.2, 0) is 14.6 Å². The lowest BCUT2D eigenvalue weighted by atomic mass is 11.7. The first kappa shape index (κ1) is 8.82. The van der Waals surface area contributed by atoms with Gasteiger partial charge < -0.3 is 0 Å². The number of hydrogen-bond acceptors (Lipinski definition) is 6. The fourth-order valence-corrected chi connectivity index (χ4v) is 0.668. The van der Waals surface area contributed by atoms with Crippen molar-refractivity contribution in [1.82, 2.24) is 0 Å². The molecular formula is CHClO6S. The molecule has 0 heterocycles. The number of hydrogen-bond donors (Lipinski definition) is 0. The van der Waals surface area contributed by atoms with Gasteiger partial charge in [0, 0.05) is 0 Å². The van der Waals surface area contributed by atoms with Gasteiger partial charge in [0.15, 0.2) is 0 Å². The molecule has 0 bridgehead atoms. The second kappa shape index (κ2) is 3.11. The van der Waals surface area contributed by atoms with Crippen molar-refractivity contribution in [3.05, 3.63) is 0 Å². The van der Waals surface area contributed by atoms with E-state index in [0.29, 0.717) is 0 Å². The average Bonchev–Trinajstić information content (AvgIpc) is 1.59. The van der Waals surface area contributed by atoms with Gasteiger partial charge in [0.25, 0.3) is 10.3 Å². The molecule has 0 aromatic carbocycles.